The van der Waals surface area contributed by atoms with E-state index in [1.54, 1.807) is 0 Å². The molecule has 2 fully saturated rings. The third-order valence-corrected chi connectivity index (χ3v) is 5.91. The van der Waals surface area contributed by atoms with Crippen LogP contribution in [-0.4, -0.2) is 45.1 Å². The number of sulfone groups is 1. The minimum atomic E-state index is -2.78. The number of hydrogen-bond donors (Lipinski definition) is 2. The van der Waals surface area contributed by atoms with Crippen LogP contribution >= 0.6 is 0 Å². The maximum Gasteiger partial charge on any atom is 0.152 e. The molecule has 0 aromatic heterocycles. The van der Waals surface area contributed by atoms with Crippen molar-refractivity contribution in [3.63, 3.8) is 0 Å². The Morgan fingerprint density at radius 1 is 1.47 bits per heavy atom. The summed E-state index contributed by atoms with van der Waals surface area (Å²) >= 11 is 0. The van der Waals surface area contributed by atoms with Gasteiger partial charge in [0.05, 0.1) is 11.5 Å². The predicted octanol–water partition coefficient (Wildman–Crippen LogP) is 0.543. The van der Waals surface area contributed by atoms with E-state index in [1.807, 2.05) is 6.92 Å². The van der Waals surface area contributed by atoms with Gasteiger partial charge in [-0.2, -0.15) is 0 Å². The second-order valence-corrected chi connectivity index (χ2v) is 8.01. The highest BCUT2D eigenvalue weighted by atomic mass is 32.2. The zero-order valence-corrected chi connectivity index (χ0v) is 11.5. The van der Waals surface area contributed by atoms with Crippen LogP contribution in [-0.2, 0) is 9.84 Å². The van der Waals surface area contributed by atoms with Crippen LogP contribution in [0.1, 0.15) is 32.6 Å². The van der Waals surface area contributed by atoms with E-state index in [9.17, 15) is 8.42 Å². The Bertz CT molecular complexity index is 350. The lowest BCUT2D eigenvalue weighted by Gasteiger charge is -2.24. The van der Waals surface area contributed by atoms with Crippen molar-refractivity contribution >= 4 is 9.84 Å². The van der Waals surface area contributed by atoms with Crippen LogP contribution in [0.2, 0.25) is 0 Å². The van der Waals surface area contributed by atoms with E-state index in [-0.39, 0.29) is 5.54 Å². The molecule has 2 aliphatic rings. The second-order valence-electron chi connectivity index (χ2n) is 5.83. The lowest BCUT2D eigenvalue weighted by molar-refractivity contribution is 0.380. The van der Waals surface area contributed by atoms with Crippen molar-refractivity contribution < 1.29 is 8.42 Å². The van der Waals surface area contributed by atoms with Gasteiger partial charge in [-0.25, -0.2) is 8.42 Å². The van der Waals surface area contributed by atoms with Crippen LogP contribution in [0.25, 0.3) is 0 Å². The summed E-state index contributed by atoms with van der Waals surface area (Å²) in [6, 6.07) is 0. The molecule has 2 unspecified atom stereocenters. The van der Waals surface area contributed by atoms with Gasteiger partial charge in [0.2, 0.25) is 0 Å². The van der Waals surface area contributed by atoms with Crippen LogP contribution in [0.4, 0.5) is 0 Å². The van der Waals surface area contributed by atoms with E-state index >= 15 is 0 Å². The summed E-state index contributed by atoms with van der Waals surface area (Å²) in [5.74, 6) is 1.49. The van der Waals surface area contributed by atoms with Gasteiger partial charge in [0, 0.05) is 5.54 Å². The van der Waals surface area contributed by atoms with Gasteiger partial charge in [0.15, 0.2) is 9.84 Å². The van der Waals surface area contributed by atoms with Crippen molar-refractivity contribution in [2.45, 2.75) is 38.1 Å². The fraction of sp³-hybridized carbons (Fsp3) is 1.00. The largest absolute Gasteiger partial charge is 0.316 e. The monoisotopic (exact) mass is 260 g/mol. The summed E-state index contributed by atoms with van der Waals surface area (Å²) in [4.78, 5) is 0. The first kappa shape index (κ1) is 13.3. The van der Waals surface area contributed by atoms with Gasteiger partial charge in [0.25, 0.3) is 0 Å². The summed E-state index contributed by atoms with van der Waals surface area (Å²) in [6.07, 6.45) is 4.47. The van der Waals surface area contributed by atoms with Gasteiger partial charge in [0.1, 0.15) is 0 Å². The van der Waals surface area contributed by atoms with Gasteiger partial charge in [-0.15, -0.1) is 0 Å². The van der Waals surface area contributed by atoms with Crippen LogP contribution in [0.15, 0.2) is 0 Å². The van der Waals surface area contributed by atoms with Crippen molar-refractivity contribution in [3.05, 3.63) is 0 Å². The van der Waals surface area contributed by atoms with Crippen molar-refractivity contribution in [1.82, 2.24) is 10.6 Å². The maximum atomic E-state index is 11.4. The standard InChI is InChI=1S/C12H24N2O2S/c1-12(5-8-17(15,16)10-12)14-6-2-3-11-4-7-13-9-11/h11,13-14H,2-10H2,1H3. The average molecular weight is 260 g/mol. The maximum absolute atomic E-state index is 11.4. The van der Waals surface area contributed by atoms with Crippen LogP contribution in [0.3, 0.4) is 0 Å². The van der Waals surface area contributed by atoms with Gasteiger partial charge >= 0.3 is 0 Å². The summed E-state index contributed by atoms with van der Waals surface area (Å²) in [7, 11) is -2.78. The van der Waals surface area contributed by atoms with Crippen molar-refractivity contribution in [2.75, 3.05) is 31.1 Å². The molecule has 0 spiro atoms. The quantitative estimate of drug-likeness (QED) is 0.709. The summed E-state index contributed by atoms with van der Waals surface area (Å²) < 4.78 is 22.9. The van der Waals surface area contributed by atoms with Crippen molar-refractivity contribution in [1.29, 1.82) is 0 Å². The molecule has 0 bridgehead atoms. The smallest absolute Gasteiger partial charge is 0.152 e. The molecule has 17 heavy (non-hydrogen) atoms. The summed E-state index contributed by atoms with van der Waals surface area (Å²) in [5, 5.41) is 6.81. The predicted molar refractivity (Wildman–Crippen MR) is 69.9 cm³/mol. The third kappa shape index (κ3) is 3.93. The fourth-order valence-corrected chi connectivity index (χ4v) is 5.01. The van der Waals surface area contributed by atoms with Crippen LogP contribution in [0, 0.1) is 5.92 Å². The molecule has 0 aromatic carbocycles. The molecule has 100 valence electrons. The first-order chi connectivity index (χ1) is 7.99. The third-order valence-electron chi connectivity index (χ3n) is 4.01. The summed E-state index contributed by atoms with van der Waals surface area (Å²) in [5.41, 5.74) is -0.174. The van der Waals surface area contributed by atoms with E-state index in [0.717, 1.165) is 38.4 Å². The lowest BCUT2D eigenvalue weighted by atomic mass is 10.00. The Kier molecular flexibility index (Phi) is 4.10. The minimum Gasteiger partial charge on any atom is -0.316 e. The van der Waals surface area contributed by atoms with E-state index in [2.05, 4.69) is 10.6 Å². The molecule has 0 aliphatic carbocycles. The highest BCUT2D eigenvalue weighted by Crippen LogP contribution is 2.23. The van der Waals surface area contributed by atoms with Gasteiger partial charge in [-0.3, -0.25) is 0 Å². The van der Waals surface area contributed by atoms with Gasteiger partial charge < -0.3 is 10.6 Å². The van der Waals surface area contributed by atoms with Gasteiger partial charge in [-0.1, -0.05) is 0 Å². The lowest BCUT2D eigenvalue weighted by Crippen LogP contribution is -2.43. The highest BCUT2D eigenvalue weighted by Gasteiger charge is 2.37. The minimum absolute atomic E-state index is 0.174. The first-order valence-electron chi connectivity index (χ1n) is 6.65. The first-order valence-corrected chi connectivity index (χ1v) is 8.47. The fourth-order valence-electron chi connectivity index (χ4n) is 2.89. The molecule has 2 N–H and O–H groups in total. The molecule has 2 atom stereocenters. The van der Waals surface area contributed by atoms with E-state index in [4.69, 9.17) is 0 Å². The number of rotatable bonds is 5. The molecule has 2 rings (SSSR count). The second kappa shape index (κ2) is 5.24. The topological polar surface area (TPSA) is 58.2 Å². The van der Waals surface area contributed by atoms with Crippen molar-refractivity contribution in [2.24, 2.45) is 5.92 Å². The molecular formula is C12H24N2O2S. The Morgan fingerprint density at radius 2 is 2.29 bits per heavy atom. The zero-order valence-electron chi connectivity index (χ0n) is 10.7. The number of hydrogen-bond acceptors (Lipinski definition) is 4. The molecule has 2 heterocycles. The SMILES string of the molecule is CC1(NCCCC2CCNC2)CCS(=O)(=O)C1. The zero-order chi connectivity index (χ0) is 12.4. The van der Waals surface area contributed by atoms with Crippen LogP contribution < -0.4 is 10.6 Å². The van der Waals surface area contributed by atoms with Crippen LogP contribution in [0.5, 0.6) is 0 Å². The molecule has 2 saturated heterocycles. The Balaban J connectivity index is 1.64. The Morgan fingerprint density at radius 3 is 2.88 bits per heavy atom. The van der Waals surface area contributed by atoms with E-state index in [1.165, 1.54) is 12.8 Å². The van der Waals surface area contributed by atoms with Gasteiger partial charge in [-0.05, 0) is 58.2 Å². The molecule has 5 heteroatoms. The summed E-state index contributed by atoms with van der Waals surface area (Å²) in [6.45, 7) is 5.30. The molecule has 0 amide bonds. The Labute approximate surface area is 104 Å². The molecule has 0 aromatic rings. The number of nitrogens with one attached hydrogen (secondary N) is 2. The molecule has 0 saturated carbocycles. The van der Waals surface area contributed by atoms with Crippen molar-refractivity contribution in [3.8, 4) is 0 Å². The molecule has 2 aliphatic heterocycles. The average Bonchev–Trinajstić information content (AvgIpc) is 2.82. The van der Waals surface area contributed by atoms with E-state index < -0.39 is 9.84 Å². The normalized spacial score (nSPS) is 36.4. The highest BCUT2D eigenvalue weighted by molar-refractivity contribution is 7.91. The Hall–Kier alpha value is -0.130. The molecular weight excluding hydrogens is 236 g/mol. The molecule has 0 radical (unpaired) electrons. The molecule has 4 nitrogen and oxygen atoms in total. The van der Waals surface area contributed by atoms with E-state index in [0.29, 0.717) is 11.5 Å².